The molecule has 47 heavy (non-hydrogen) atoms. The maximum absolute atomic E-state index is 13.3. The summed E-state index contributed by atoms with van der Waals surface area (Å²) < 4.78 is 17.9. The zero-order valence-corrected chi connectivity index (χ0v) is 31.9. The summed E-state index contributed by atoms with van der Waals surface area (Å²) in [6.45, 7) is 12.2. The topological polar surface area (TPSA) is 97.3 Å². The van der Waals surface area contributed by atoms with Crippen LogP contribution in [0.5, 0.6) is 5.75 Å². The summed E-state index contributed by atoms with van der Waals surface area (Å²) in [6, 6.07) is 11.1. The Labute approximate surface area is 293 Å². The predicted octanol–water partition coefficient (Wildman–Crippen LogP) is 8.43. The number of hydrogen-bond acceptors (Lipinski definition) is 9. The van der Waals surface area contributed by atoms with Crippen LogP contribution in [0.1, 0.15) is 74.6 Å². The van der Waals surface area contributed by atoms with E-state index in [0.29, 0.717) is 51.7 Å². The fraction of sp³-hybridized carbons (Fsp3) is 0.543. The number of halogens is 1. The lowest BCUT2D eigenvalue weighted by atomic mass is 9.91. The molecule has 2 heterocycles. The smallest absolute Gasteiger partial charge is 0.349 e. The average molecular weight is 721 g/mol. The molecule has 1 fully saturated rings. The Hall–Kier alpha value is -2.25. The van der Waals surface area contributed by atoms with Crippen molar-refractivity contribution in [2.75, 3.05) is 26.0 Å². The SMILES string of the molecule is COc1cc(NC(=O)CCCN(C)[C@H]2CC[C@H](OC(=O)C(O)(c3cccs3)c3cccs3)CC2)c(Cl)cc1CO[Si](C)(C)C(C)(C)C. The molecule has 1 amide bonds. The van der Waals surface area contributed by atoms with Crippen molar-refractivity contribution in [2.24, 2.45) is 0 Å². The van der Waals surface area contributed by atoms with Gasteiger partial charge in [0.1, 0.15) is 11.9 Å². The highest BCUT2D eigenvalue weighted by Gasteiger charge is 2.45. The molecule has 0 spiro atoms. The summed E-state index contributed by atoms with van der Waals surface area (Å²) in [5.41, 5.74) is -0.407. The molecule has 1 aromatic carbocycles. The Kier molecular flexibility index (Phi) is 12.8. The average Bonchev–Trinajstić information content (AvgIpc) is 3.76. The number of thiophene rings is 2. The number of carbonyl (C=O) groups is 2. The molecule has 0 unspecified atom stereocenters. The minimum absolute atomic E-state index is 0.0864. The van der Waals surface area contributed by atoms with Crippen LogP contribution in [0.15, 0.2) is 47.2 Å². The first-order valence-corrected chi connectivity index (χ1v) is 21.2. The third kappa shape index (κ3) is 9.26. The highest BCUT2D eigenvalue weighted by Crippen LogP contribution is 2.40. The van der Waals surface area contributed by atoms with E-state index in [1.165, 1.54) is 22.7 Å². The normalized spacial score (nSPS) is 17.5. The third-order valence-corrected chi connectivity index (χ3v) is 16.3. The second-order valence-electron chi connectivity index (χ2n) is 13.8. The second kappa shape index (κ2) is 16.0. The number of ether oxygens (including phenoxy) is 2. The number of amides is 1. The summed E-state index contributed by atoms with van der Waals surface area (Å²) in [5.74, 6) is -0.0866. The van der Waals surface area contributed by atoms with Crippen molar-refractivity contribution >= 4 is 60.2 Å². The van der Waals surface area contributed by atoms with Gasteiger partial charge >= 0.3 is 5.97 Å². The fourth-order valence-electron chi connectivity index (χ4n) is 5.48. The van der Waals surface area contributed by atoms with Gasteiger partial charge in [-0.3, -0.25) is 4.79 Å². The van der Waals surface area contributed by atoms with Crippen LogP contribution < -0.4 is 10.1 Å². The van der Waals surface area contributed by atoms with E-state index in [1.54, 1.807) is 25.3 Å². The molecule has 1 aliphatic carbocycles. The van der Waals surface area contributed by atoms with Gasteiger partial charge in [-0.25, -0.2) is 4.79 Å². The summed E-state index contributed by atoms with van der Waals surface area (Å²) >= 11 is 9.27. The van der Waals surface area contributed by atoms with E-state index in [4.69, 9.17) is 25.5 Å². The zero-order chi connectivity index (χ0) is 34.4. The molecule has 0 atom stereocenters. The molecule has 0 bridgehead atoms. The first-order valence-electron chi connectivity index (χ1n) is 16.2. The van der Waals surface area contributed by atoms with Crippen LogP contribution in [0, 0.1) is 0 Å². The highest BCUT2D eigenvalue weighted by atomic mass is 35.5. The Bertz CT molecular complexity index is 1430. The van der Waals surface area contributed by atoms with Crippen LogP contribution in [-0.2, 0) is 31.0 Å². The number of anilines is 1. The Morgan fingerprint density at radius 3 is 2.21 bits per heavy atom. The van der Waals surface area contributed by atoms with Gasteiger partial charge in [0.25, 0.3) is 0 Å². The number of esters is 1. The number of nitrogens with zero attached hydrogens (tertiary/aromatic N) is 1. The standard InChI is InChI=1S/C35H49ClN2O6S2Si/c1-34(2,3)47(6,7)43-23-24-21-27(36)28(22-29(24)42-5)37-32(39)13-8-18-38(4)25-14-16-26(17-15-25)44-33(40)35(41,30-11-9-19-45-30)31-12-10-20-46-31/h9-12,19-22,25-26,41H,8,13-18,23H2,1-7H3,(H,37,39)/t25-,26-. The van der Waals surface area contributed by atoms with Crippen LogP contribution in [0.3, 0.4) is 0 Å². The van der Waals surface area contributed by atoms with Crippen molar-refractivity contribution in [3.8, 4) is 5.75 Å². The molecule has 0 radical (unpaired) electrons. The minimum atomic E-state index is -1.95. The van der Waals surface area contributed by atoms with Gasteiger partial charge in [-0.05, 0) is 92.8 Å². The number of methoxy groups -OCH3 is 1. The van der Waals surface area contributed by atoms with E-state index in [1.807, 2.05) is 29.0 Å². The maximum atomic E-state index is 13.3. The van der Waals surface area contributed by atoms with Crippen LogP contribution in [0.4, 0.5) is 5.69 Å². The minimum Gasteiger partial charge on any atom is -0.496 e. The molecule has 8 nitrogen and oxygen atoms in total. The quantitative estimate of drug-likeness (QED) is 0.127. The molecule has 2 N–H and O–H groups in total. The molecule has 2 aromatic heterocycles. The van der Waals surface area contributed by atoms with Crippen LogP contribution in [0.2, 0.25) is 23.2 Å². The van der Waals surface area contributed by atoms with Gasteiger partial charge in [0, 0.05) is 24.1 Å². The number of carbonyl (C=O) groups excluding carboxylic acids is 2. The third-order valence-electron chi connectivity index (χ3n) is 9.55. The molecule has 12 heteroatoms. The Morgan fingerprint density at radius 2 is 1.68 bits per heavy atom. The summed E-state index contributed by atoms with van der Waals surface area (Å²) in [6.07, 6.45) is 4.01. The van der Waals surface area contributed by atoms with Gasteiger partial charge in [0.05, 0.1) is 34.2 Å². The maximum Gasteiger partial charge on any atom is 0.349 e. The molecule has 258 valence electrons. The molecule has 3 aromatic rings. The molecule has 1 saturated carbocycles. The molecule has 0 saturated heterocycles. The number of aliphatic hydroxyl groups is 1. The van der Waals surface area contributed by atoms with Crippen molar-refractivity contribution in [1.29, 1.82) is 0 Å². The van der Waals surface area contributed by atoms with Crippen molar-refractivity contribution in [3.05, 3.63) is 67.5 Å². The lowest BCUT2D eigenvalue weighted by molar-refractivity contribution is -0.169. The monoisotopic (exact) mass is 720 g/mol. The number of rotatable bonds is 14. The van der Waals surface area contributed by atoms with Gasteiger partial charge in [0.15, 0.2) is 8.32 Å². The molecule has 4 rings (SSSR count). The number of nitrogens with one attached hydrogen (secondary N) is 1. The summed E-state index contributed by atoms with van der Waals surface area (Å²) in [7, 11) is 1.73. The highest BCUT2D eigenvalue weighted by molar-refractivity contribution is 7.12. The lowest BCUT2D eigenvalue weighted by Crippen LogP contribution is -2.42. The van der Waals surface area contributed by atoms with Crippen LogP contribution >= 0.6 is 34.3 Å². The van der Waals surface area contributed by atoms with Crippen molar-refractivity contribution < 1.29 is 28.6 Å². The largest absolute Gasteiger partial charge is 0.496 e. The summed E-state index contributed by atoms with van der Waals surface area (Å²) in [4.78, 5) is 29.6. The van der Waals surface area contributed by atoms with E-state index >= 15 is 0 Å². The van der Waals surface area contributed by atoms with Gasteiger partial charge < -0.3 is 29.2 Å². The van der Waals surface area contributed by atoms with Crippen molar-refractivity contribution in [1.82, 2.24) is 4.90 Å². The van der Waals surface area contributed by atoms with Crippen molar-refractivity contribution in [3.63, 3.8) is 0 Å². The summed E-state index contributed by atoms with van der Waals surface area (Å²) in [5, 5.41) is 18.7. The van der Waals surface area contributed by atoms with E-state index in [0.717, 1.165) is 37.8 Å². The zero-order valence-electron chi connectivity index (χ0n) is 28.6. The van der Waals surface area contributed by atoms with Crippen LogP contribution in [0.25, 0.3) is 0 Å². The van der Waals surface area contributed by atoms with E-state index in [9.17, 15) is 14.7 Å². The predicted molar refractivity (Wildman–Crippen MR) is 194 cm³/mol. The Balaban J connectivity index is 1.22. The fourth-order valence-corrected chi connectivity index (χ4v) is 8.38. The first-order chi connectivity index (χ1) is 22.2. The first kappa shape index (κ1) is 37.6. The van der Waals surface area contributed by atoms with Crippen molar-refractivity contribution in [2.45, 2.75) is 102 Å². The molecular weight excluding hydrogens is 672 g/mol. The molecule has 1 aliphatic rings. The van der Waals surface area contributed by atoms with E-state index in [2.05, 4.69) is 51.1 Å². The number of benzene rings is 1. The van der Waals surface area contributed by atoms with E-state index < -0.39 is 19.9 Å². The van der Waals surface area contributed by atoms with E-state index in [-0.39, 0.29) is 17.0 Å². The van der Waals surface area contributed by atoms with Gasteiger partial charge in [-0.1, -0.05) is 44.5 Å². The molecular formula is C35H49ClN2O6S2Si. The van der Waals surface area contributed by atoms with Gasteiger partial charge in [0.2, 0.25) is 11.5 Å². The van der Waals surface area contributed by atoms with Gasteiger partial charge in [-0.15, -0.1) is 22.7 Å². The molecule has 0 aliphatic heterocycles. The lowest BCUT2D eigenvalue weighted by Gasteiger charge is -2.36. The Morgan fingerprint density at radius 1 is 1.06 bits per heavy atom. The number of hydrogen-bond donors (Lipinski definition) is 2. The van der Waals surface area contributed by atoms with Gasteiger partial charge in [-0.2, -0.15) is 0 Å². The van der Waals surface area contributed by atoms with Crippen LogP contribution in [-0.4, -0.2) is 63.0 Å². The second-order valence-corrected chi connectivity index (χ2v) is 20.9.